The number of halogens is 2. The molecule has 4 heterocycles. The first kappa shape index (κ1) is 21.0. The summed E-state index contributed by atoms with van der Waals surface area (Å²) in [6.45, 7) is 1.92. The zero-order chi connectivity index (χ0) is 22.9. The van der Waals surface area contributed by atoms with Crippen LogP contribution in [-0.4, -0.2) is 45.0 Å². The monoisotopic (exact) mass is 481 g/mol. The second-order valence-corrected chi connectivity index (χ2v) is 8.03. The lowest BCUT2D eigenvalue weighted by Gasteiger charge is -2.17. The molecule has 5 rings (SSSR count). The first-order valence-electron chi connectivity index (χ1n) is 9.86. The van der Waals surface area contributed by atoms with Crippen molar-refractivity contribution < 1.29 is 0 Å². The molecule has 1 unspecified atom stereocenters. The maximum absolute atomic E-state index is 6.39. The molecule has 0 amide bonds. The SMILES string of the molecule is Cc1ncc2ccc(-c3nc(N)nc(NC(Cc4cccc(Cl)c4Cl)c4nn[nH]n4)n3)cn12. The van der Waals surface area contributed by atoms with Crippen LogP contribution in [0.3, 0.4) is 0 Å². The fourth-order valence-electron chi connectivity index (χ4n) is 3.44. The Morgan fingerprint density at radius 3 is 2.85 bits per heavy atom. The fraction of sp³-hybridized carbons (Fsp3) is 0.150. The van der Waals surface area contributed by atoms with Crippen molar-refractivity contribution >= 4 is 40.6 Å². The molecular weight excluding hydrogens is 465 g/mol. The summed E-state index contributed by atoms with van der Waals surface area (Å²) in [7, 11) is 0. The highest BCUT2D eigenvalue weighted by Crippen LogP contribution is 2.30. The molecule has 4 N–H and O–H groups in total. The number of tetrazole rings is 1. The van der Waals surface area contributed by atoms with Crippen LogP contribution < -0.4 is 11.1 Å². The van der Waals surface area contributed by atoms with Crippen molar-refractivity contribution in [1.82, 2.24) is 45.0 Å². The van der Waals surface area contributed by atoms with E-state index in [4.69, 9.17) is 28.9 Å². The molecule has 4 aromatic heterocycles. The second-order valence-electron chi connectivity index (χ2n) is 7.24. The van der Waals surface area contributed by atoms with Crippen molar-refractivity contribution in [2.45, 2.75) is 19.4 Å². The zero-order valence-electron chi connectivity index (χ0n) is 17.2. The molecule has 1 aromatic carbocycles. The Morgan fingerprint density at radius 2 is 2.03 bits per heavy atom. The van der Waals surface area contributed by atoms with Crippen LogP contribution in [0.5, 0.6) is 0 Å². The zero-order valence-corrected chi connectivity index (χ0v) is 18.7. The number of benzene rings is 1. The van der Waals surface area contributed by atoms with Gasteiger partial charge < -0.3 is 15.5 Å². The summed E-state index contributed by atoms with van der Waals surface area (Å²) in [4.78, 5) is 17.4. The number of pyridine rings is 1. The van der Waals surface area contributed by atoms with E-state index in [1.54, 1.807) is 12.3 Å². The molecule has 1 atom stereocenters. The van der Waals surface area contributed by atoms with E-state index in [0.717, 1.165) is 22.5 Å². The van der Waals surface area contributed by atoms with E-state index in [2.05, 4.69) is 45.9 Å². The standard InChI is InChI=1S/C20H17Cl2N11/c1-10-24-8-13-6-5-12(9-33(10)13)17-26-19(23)28-20(27-17)25-15(18-29-31-32-30-18)7-11-3-2-4-14(21)16(11)22/h2-6,8-9,15H,7H2,1H3,(H,29,30,31,32)(H3,23,25,26,27,28). The molecule has 0 aliphatic rings. The first-order chi connectivity index (χ1) is 16.0. The van der Waals surface area contributed by atoms with Crippen molar-refractivity contribution in [3.63, 3.8) is 0 Å². The van der Waals surface area contributed by atoms with Gasteiger partial charge in [0.05, 0.1) is 27.8 Å². The molecule has 0 aliphatic carbocycles. The number of fused-ring (bicyclic) bond motifs is 1. The van der Waals surface area contributed by atoms with Gasteiger partial charge >= 0.3 is 0 Å². The van der Waals surface area contributed by atoms with E-state index in [1.807, 2.05) is 41.8 Å². The molecule has 0 fully saturated rings. The predicted molar refractivity (Wildman–Crippen MR) is 124 cm³/mol. The number of anilines is 2. The van der Waals surface area contributed by atoms with Crippen LogP contribution in [0, 0.1) is 6.92 Å². The summed E-state index contributed by atoms with van der Waals surface area (Å²) >= 11 is 12.6. The number of H-pyrrole nitrogens is 1. The summed E-state index contributed by atoms with van der Waals surface area (Å²) in [6, 6.07) is 8.79. The first-order valence-corrected chi connectivity index (χ1v) is 10.6. The highest BCUT2D eigenvalue weighted by atomic mass is 35.5. The average Bonchev–Trinajstić information content (AvgIpc) is 3.46. The molecule has 166 valence electrons. The van der Waals surface area contributed by atoms with Crippen molar-refractivity contribution in [3.8, 4) is 11.4 Å². The fourth-order valence-corrected chi connectivity index (χ4v) is 3.84. The van der Waals surface area contributed by atoms with Gasteiger partial charge in [-0.2, -0.15) is 20.2 Å². The molecule has 0 spiro atoms. The quantitative estimate of drug-likeness (QED) is 0.331. The predicted octanol–water partition coefficient (Wildman–Crippen LogP) is 3.29. The Morgan fingerprint density at radius 1 is 1.15 bits per heavy atom. The van der Waals surface area contributed by atoms with E-state index in [-0.39, 0.29) is 11.9 Å². The Kier molecular flexibility index (Phi) is 5.48. The van der Waals surface area contributed by atoms with Crippen molar-refractivity contribution in [3.05, 3.63) is 70.0 Å². The van der Waals surface area contributed by atoms with E-state index >= 15 is 0 Å². The number of hydrogen-bond acceptors (Lipinski definition) is 9. The van der Waals surface area contributed by atoms with Crippen LogP contribution in [-0.2, 0) is 6.42 Å². The van der Waals surface area contributed by atoms with Crippen molar-refractivity contribution in [1.29, 1.82) is 0 Å². The van der Waals surface area contributed by atoms with Gasteiger partial charge in [-0.1, -0.05) is 40.5 Å². The third-order valence-corrected chi connectivity index (χ3v) is 5.91. The molecule has 0 saturated carbocycles. The third kappa shape index (κ3) is 4.28. The van der Waals surface area contributed by atoms with E-state index in [9.17, 15) is 0 Å². The van der Waals surface area contributed by atoms with Gasteiger partial charge in [0.15, 0.2) is 11.6 Å². The van der Waals surface area contributed by atoms with Crippen molar-refractivity contribution in [2.75, 3.05) is 11.1 Å². The van der Waals surface area contributed by atoms with Crippen molar-refractivity contribution in [2.24, 2.45) is 0 Å². The van der Waals surface area contributed by atoms with E-state index in [0.29, 0.717) is 28.1 Å². The molecule has 0 saturated heterocycles. The highest BCUT2D eigenvalue weighted by molar-refractivity contribution is 6.42. The number of aromatic amines is 1. The largest absolute Gasteiger partial charge is 0.368 e. The topological polar surface area (TPSA) is 148 Å². The maximum atomic E-state index is 6.39. The smallest absolute Gasteiger partial charge is 0.228 e. The lowest BCUT2D eigenvalue weighted by molar-refractivity contribution is 0.705. The summed E-state index contributed by atoms with van der Waals surface area (Å²) in [5.74, 6) is 1.99. The molecule has 0 radical (unpaired) electrons. The van der Waals surface area contributed by atoms with Crippen LogP contribution in [0.15, 0.2) is 42.7 Å². The van der Waals surface area contributed by atoms with Gasteiger partial charge in [-0.05, 0) is 30.7 Å². The molecule has 0 aliphatic heterocycles. The van der Waals surface area contributed by atoms with Crippen LogP contribution in [0.2, 0.25) is 10.0 Å². The number of nitrogen functional groups attached to an aromatic ring is 1. The van der Waals surface area contributed by atoms with Gasteiger partial charge in [-0.25, -0.2) is 4.98 Å². The van der Waals surface area contributed by atoms with Crippen LogP contribution in [0.25, 0.3) is 16.9 Å². The average molecular weight is 482 g/mol. The molecule has 11 nitrogen and oxygen atoms in total. The Hall–Kier alpha value is -3.83. The van der Waals surface area contributed by atoms with Crippen LogP contribution in [0.1, 0.15) is 23.3 Å². The highest BCUT2D eigenvalue weighted by Gasteiger charge is 2.21. The number of nitrogens with two attached hydrogens (primary N) is 1. The molecular formula is C20H17Cl2N11. The lowest BCUT2D eigenvalue weighted by Crippen LogP contribution is -2.18. The molecule has 13 heteroatoms. The number of aromatic nitrogens is 9. The van der Waals surface area contributed by atoms with Gasteiger partial charge in [-0.3, -0.25) is 0 Å². The summed E-state index contributed by atoms with van der Waals surface area (Å²) in [5, 5.41) is 18.5. The Labute approximate surface area is 197 Å². The minimum atomic E-state index is -0.465. The van der Waals surface area contributed by atoms with Gasteiger partial charge in [0.2, 0.25) is 11.9 Å². The van der Waals surface area contributed by atoms with E-state index < -0.39 is 6.04 Å². The minimum Gasteiger partial charge on any atom is -0.368 e. The van der Waals surface area contributed by atoms with Gasteiger partial charge in [-0.15, -0.1) is 10.2 Å². The summed E-state index contributed by atoms with van der Waals surface area (Å²) in [5.41, 5.74) is 8.53. The minimum absolute atomic E-state index is 0.0672. The Balaban J connectivity index is 1.50. The maximum Gasteiger partial charge on any atom is 0.228 e. The van der Waals surface area contributed by atoms with Crippen LogP contribution >= 0.6 is 23.2 Å². The summed E-state index contributed by atoms with van der Waals surface area (Å²) < 4.78 is 1.95. The summed E-state index contributed by atoms with van der Waals surface area (Å²) in [6.07, 6.45) is 4.10. The van der Waals surface area contributed by atoms with E-state index in [1.165, 1.54) is 0 Å². The van der Waals surface area contributed by atoms with Gasteiger partial charge in [0.1, 0.15) is 5.82 Å². The number of imidazole rings is 1. The lowest BCUT2D eigenvalue weighted by atomic mass is 10.1. The second kappa shape index (κ2) is 8.60. The number of hydrogen-bond donors (Lipinski definition) is 3. The molecule has 0 bridgehead atoms. The number of nitrogens with one attached hydrogen (secondary N) is 2. The molecule has 5 aromatic rings. The van der Waals surface area contributed by atoms with Gasteiger partial charge in [0, 0.05) is 18.2 Å². The molecule has 33 heavy (non-hydrogen) atoms. The number of nitrogens with zero attached hydrogens (tertiary/aromatic N) is 8. The number of rotatable bonds is 6. The Bertz CT molecular complexity index is 1430. The third-order valence-electron chi connectivity index (χ3n) is 5.06. The van der Waals surface area contributed by atoms with Crippen LogP contribution in [0.4, 0.5) is 11.9 Å². The normalized spacial score (nSPS) is 12.2. The van der Waals surface area contributed by atoms with Gasteiger partial charge in [0.25, 0.3) is 0 Å². The number of aryl methyl sites for hydroxylation is 1.